The summed E-state index contributed by atoms with van der Waals surface area (Å²) in [6.45, 7) is 2.71. The highest BCUT2D eigenvalue weighted by Gasteiger charge is 2.16. The van der Waals surface area contributed by atoms with Gasteiger partial charge < -0.3 is 15.5 Å². The van der Waals surface area contributed by atoms with E-state index in [4.69, 9.17) is 10.6 Å². The second-order valence-corrected chi connectivity index (χ2v) is 6.64. The first-order valence-corrected chi connectivity index (χ1v) is 8.92. The molecule has 0 amide bonds. The zero-order chi connectivity index (χ0) is 16.1. The molecule has 0 saturated heterocycles. The van der Waals surface area contributed by atoms with Crippen molar-refractivity contribution in [1.29, 1.82) is 0 Å². The Kier molecular flexibility index (Phi) is 5.40. The standard InChI is InChI=1S/C16H23N5OS/c1-22-11-8-15-18-19-16(21(15)17)23-12-10-20-9-4-6-13-5-2-3-7-14(13)20/h2-3,5,7H,4,6,8-12,17H2,1H3. The van der Waals surface area contributed by atoms with Crippen LogP contribution in [0.3, 0.4) is 0 Å². The molecule has 0 radical (unpaired) electrons. The van der Waals surface area contributed by atoms with Crippen molar-refractivity contribution in [3.8, 4) is 0 Å². The maximum Gasteiger partial charge on any atom is 0.209 e. The molecule has 1 aliphatic rings. The summed E-state index contributed by atoms with van der Waals surface area (Å²) in [5.41, 5.74) is 2.82. The number of nitrogens with two attached hydrogens (primary N) is 1. The third kappa shape index (κ3) is 3.79. The Hall–Kier alpha value is -1.73. The molecule has 7 heteroatoms. The number of thioether (sulfide) groups is 1. The Balaban J connectivity index is 1.55. The predicted molar refractivity (Wildman–Crippen MR) is 93.5 cm³/mol. The van der Waals surface area contributed by atoms with Crippen LogP contribution in [-0.2, 0) is 17.6 Å². The van der Waals surface area contributed by atoms with Gasteiger partial charge in [-0.05, 0) is 24.5 Å². The molecule has 0 bridgehead atoms. The molecular formula is C16H23N5OS. The number of nitrogen functional groups attached to an aromatic ring is 1. The average Bonchev–Trinajstić information content (AvgIpc) is 2.93. The number of aromatic nitrogens is 3. The number of anilines is 1. The summed E-state index contributed by atoms with van der Waals surface area (Å²) in [5, 5.41) is 9.07. The molecule has 2 N–H and O–H groups in total. The van der Waals surface area contributed by atoms with Crippen LogP contribution in [0.1, 0.15) is 17.8 Å². The number of hydrogen-bond donors (Lipinski definition) is 1. The molecule has 0 unspecified atom stereocenters. The van der Waals surface area contributed by atoms with Gasteiger partial charge in [0.15, 0.2) is 5.82 Å². The topological polar surface area (TPSA) is 69.2 Å². The zero-order valence-corrected chi connectivity index (χ0v) is 14.3. The van der Waals surface area contributed by atoms with Crippen molar-refractivity contribution in [3.63, 3.8) is 0 Å². The predicted octanol–water partition coefficient (Wildman–Crippen LogP) is 1.73. The van der Waals surface area contributed by atoms with E-state index in [1.54, 1.807) is 23.5 Å². The van der Waals surface area contributed by atoms with Gasteiger partial charge in [0.25, 0.3) is 0 Å². The summed E-state index contributed by atoms with van der Waals surface area (Å²) in [6, 6.07) is 8.68. The second-order valence-electron chi connectivity index (χ2n) is 5.58. The van der Waals surface area contributed by atoms with Gasteiger partial charge in [-0.15, -0.1) is 10.2 Å². The summed E-state index contributed by atoms with van der Waals surface area (Å²) in [4.78, 5) is 2.45. The van der Waals surface area contributed by atoms with Gasteiger partial charge in [-0.1, -0.05) is 30.0 Å². The number of aryl methyl sites for hydroxylation is 1. The SMILES string of the molecule is COCCc1nnc(SCCN2CCCc3ccccc32)n1N. The summed E-state index contributed by atoms with van der Waals surface area (Å²) in [7, 11) is 1.67. The van der Waals surface area contributed by atoms with Crippen LogP contribution in [0, 0.1) is 0 Å². The highest BCUT2D eigenvalue weighted by atomic mass is 32.2. The van der Waals surface area contributed by atoms with Crippen LogP contribution < -0.4 is 10.7 Å². The van der Waals surface area contributed by atoms with E-state index in [0.29, 0.717) is 13.0 Å². The summed E-state index contributed by atoms with van der Waals surface area (Å²) >= 11 is 1.65. The van der Waals surface area contributed by atoms with Gasteiger partial charge in [0.05, 0.1) is 6.61 Å². The third-order valence-electron chi connectivity index (χ3n) is 4.06. The maximum atomic E-state index is 6.04. The summed E-state index contributed by atoms with van der Waals surface area (Å²) in [6.07, 6.45) is 3.08. The van der Waals surface area contributed by atoms with Crippen LogP contribution >= 0.6 is 11.8 Å². The Bertz CT molecular complexity index is 645. The van der Waals surface area contributed by atoms with Crippen molar-refractivity contribution in [2.24, 2.45) is 0 Å². The van der Waals surface area contributed by atoms with Gasteiger partial charge in [-0.25, -0.2) is 4.68 Å². The number of methoxy groups -OCH3 is 1. The fourth-order valence-electron chi connectivity index (χ4n) is 2.86. The van der Waals surface area contributed by atoms with Gasteiger partial charge in [0.1, 0.15) is 0 Å². The minimum absolute atomic E-state index is 0.602. The normalized spacial score (nSPS) is 14.0. The Morgan fingerprint density at radius 3 is 3.04 bits per heavy atom. The highest BCUT2D eigenvalue weighted by molar-refractivity contribution is 7.99. The smallest absolute Gasteiger partial charge is 0.209 e. The van der Waals surface area contributed by atoms with Crippen LogP contribution in [0.15, 0.2) is 29.4 Å². The Morgan fingerprint density at radius 2 is 2.17 bits per heavy atom. The molecule has 0 aliphatic carbocycles. The summed E-state index contributed by atoms with van der Waals surface area (Å²) < 4.78 is 6.63. The molecule has 23 heavy (non-hydrogen) atoms. The molecule has 2 aromatic rings. The minimum Gasteiger partial charge on any atom is -0.384 e. The molecule has 1 aromatic heterocycles. The van der Waals surface area contributed by atoms with Crippen molar-refractivity contribution in [3.05, 3.63) is 35.7 Å². The van der Waals surface area contributed by atoms with E-state index in [-0.39, 0.29) is 0 Å². The molecule has 3 rings (SSSR count). The van der Waals surface area contributed by atoms with E-state index in [9.17, 15) is 0 Å². The first-order valence-electron chi connectivity index (χ1n) is 7.93. The molecule has 0 fully saturated rings. The van der Waals surface area contributed by atoms with E-state index in [1.165, 1.54) is 24.1 Å². The van der Waals surface area contributed by atoms with E-state index >= 15 is 0 Å². The molecule has 6 nitrogen and oxygen atoms in total. The lowest BCUT2D eigenvalue weighted by atomic mass is 10.0. The lowest BCUT2D eigenvalue weighted by Crippen LogP contribution is -2.31. The molecule has 0 saturated carbocycles. The van der Waals surface area contributed by atoms with E-state index in [0.717, 1.165) is 29.8 Å². The van der Waals surface area contributed by atoms with Crippen LogP contribution in [0.5, 0.6) is 0 Å². The first kappa shape index (κ1) is 16.1. The fraction of sp³-hybridized carbons (Fsp3) is 0.500. The lowest BCUT2D eigenvalue weighted by molar-refractivity contribution is 0.200. The van der Waals surface area contributed by atoms with Crippen molar-refractivity contribution in [2.75, 3.05) is 43.3 Å². The van der Waals surface area contributed by atoms with Gasteiger partial charge in [0.2, 0.25) is 5.16 Å². The second kappa shape index (κ2) is 7.70. The lowest BCUT2D eigenvalue weighted by Gasteiger charge is -2.31. The number of fused-ring (bicyclic) bond motifs is 1. The largest absolute Gasteiger partial charge is 0.384 e. The van der Waals surface area contributed by atoms with Crippen LogP contribution in [0.4, 0.5) is 5.69 Å². The van der Waals surface area contributed by atoms with E-state index in [2.05, 4.69) is 39.4 Å². The first-order chi connectivity index (χ1) is 11.3. The zero-order valence-electron chi connectivity index (χ0n) is 13.4. The van der Waals surface area contributed by atoms with Crippen molar-refractivity contribution < 1.29 is 4.74 Å². The fourth-order valence-corrected chi connectivity index (χ4v) is 3.70. The Morgan fingerprint density at radius 1 is 1.30 bits per heavy atom. The van der Waals surface area contributed by atoms with Crippen LogP contribution in [0.25, 0.3) is 0 Å². The molecule has 1 aromatic carbocycles. The van der Waals surface area contributed by atoms with Crippen LogP contribution in [-0.4, -0.2) is 47.4 Å². The van der Waals surface area contributed by atoms with Gasteiger partial charge >= 0.3 is 0 Å². The van der Waals surface area contributed by atoms with Crippen molar-refractivity contribution in [1.82, 2.24) is 14.9 Å². The quantitative estimate of drug-likeness (QED) is 0.615. The van der Waals surface area contributed by atoms with E-state index < -0.39 is 0 Å². The molecule has 0 atom stereocenters. The van der Waals surface area contributed by atoms with E-state index in [1.807, 2.05) is 0 Å². The monoisotopic (exact) mass is 333 g/mol. The summed E-state index contributed by atoms with van der Waals surface area (Å²) in [5.74, 6) is 7.74. The maximum absolute atomic E-state index is 6.04. The average molecular weight is 333 g/mol. The molecule has 1 aliphatic heterocycles. The molecular weight excluding hydrogens is 310 g/mol. The minimum atomic E-state index is 0.602. The third-order valence-corrected chi connectivity index (χ3v) is 4.99. The van der Waals surface area contributed by atoms with Gasteiger partial charge in [0, 0.05) is 38.1 Å². The van der Waals surface area contributed by atoms with Crippen LogP contribution in [0.2, 0.25) is 0 Å². The molecule has 124 valence electrons. The highest BCUT2D eigenvalue weighted by Crippen LogP contribution is 2.27. The number of rotatable bonds is 7. The number of para-hydroxylation sites is 1. The number of hydrogen-bond acceptors (Lipinski definition) is 6. The van der Waals surface area contributed by atoms with Crippen molar-refractivity contribution >= 4 is 17.4 Å². The van der Waals surface area contributed by atoms with Crippen molar-refractivity contribution in [2.45, 2.75) is 24.4 Å². The van der Waals surface area contributed by atoms with Gasteiger partial charge in [-0.3, -0.25) is 0 Å². The Labute approximate surface area is 141 Å². The number of benzene rings is 1. The molecule has 0 spiro atoms. The number of ether oxygens (including phenoxy) is 1. The molecule has 2 heterocycles. The van der Waals surface area contributed by atoms with Gasteiger partial charge in [-0.2, -0.15) is 0 Å². The number of nitrogens with zero attached hydrogens (tertiary/aromatic N) is 4.